The van der Waals surface area contributed by atoms with Gasteiger partial charge in [0, 0.05) is 44.3 Å². The fraction of sp³-hybridized carbons (Fsp3) is 0.462. The smallest absolute Gasteiger partial charge is 0.253 e. The van der Waals surface area contributed by atoms with Gasteiger partial charge in [0.05, 0.1) is 17.2 Å². The molecule has 0 aromatic heterocycles. The van der Waals surface area contributed by atoms with E-state index in [-0.39, 0.29) is 22.5 Å². The molecule has 0 bridgehead atoms. The number of piperidine rings is 1. The maximum atomic E-state index is 13.1. The molecule has 182 valence electrons. The van der Waals surface area contributed by atoms with E-state index in [0.717, 1.165) is 19.4 Å². The minimum absolute atomic E-state index is 0.102. The van der Waals surface area contributed by atoms with Crippen LogP contribution in [0, 0.1) is 0 Å². The van der Waals surface area contributed by atoms with Crippen LogP contribution in [-0.2, 0) is 20.4 Å². The Hall–Kier alpha value is -2.71. The molecule has 2 aromatic carbocycles. The number of sulfone groups is 1. The highest BCUT2D eigenvalue weighted by molar-refractivity contribution is 7.90. The third-order valence-corrected chi connectivity index (χ3v) is 8.48. The molecule has 0 saturated carbocycles. The van der Waals surface area contributed by atoms with Crippen molar-refractivity contribution in [3.05, 3.63) is 65.7 Å². The lowest BCUT2D eigenvalue weighted by molar-refractivity contribution is -0.136. The van der Waals surface area contributed by atoms with Gasteiger partial charge in [0.2, 0.25) is 5.91 Å². The summed E-state index contributed by atoms with van der Waals surface area (Å²) in [6.45, 7) is 5.77. The number of carbonyl (C=O) groups is 2. The number of carbonyl (C=O) groups excluding carboxylic acids is 2. The second-order valence-corrected chi connectivity index (χ2v) is 11.3. The van der Waals surface area contributed by atoms with E-state index < -0.39 is 9.84 Å². The zero-order chi connectivity index (χ0) is 24.1. The molecule has 2 fully saturated rings. The van der Waals surface area contributed by atoms with Crippen LogP contribution < -0.4 is 0 Å². The molecule has 0 radical (unpaired) electrons. The molecule has 2 aliphatic rings. The van der Waals surface area contributed by atoms with Gasteiger partial charge in [-0.05, 0) is 56.0 Å². The van der Waals surface area contributed by atoms with Crippen LogP contribution >= 0.6 is 0 Å². The van der Waals surface area contributed by atoms with Crippen LogP contribution in [0.15, 0.2) is 59.5 Å². The Morgan fingerprint density at radius 2 is 1.65 bits per heavy atom. The number of likely N-dealkylation sites (tertiary alicyclic amines) is 1. The van der Waals surface area contributed by atoms with Gasteiger partial charge in [0.1, 0.15) is 0 Å². The van der Waals surface area contributed by atoms with Crippen molar-refractivity contribution >= 4 is 21.7 Å². The number of piperazine rings is 1. The summed E-state index contributed by atoms with van der Waals surface area (Å²) in [5, 5.41) is 0. The Morgan fingerprint density at radius 1 is 0.912 bits per heavy atom. The zero-order valence-electron chi connectivity index (χ0n) is 19.7. The number of rotatable bonds is 6. The SMILES string of the molecule is CC1CCCCN1C(=O)CN1CCN(C(=O)c2cccc(CS(=O)(=O)c3ccccc3)c2)CC1. The molecule has 34 heavy (non-hydrogen) atoms. The summed E-state index contributed by atoms with van der Waals surface area (Å²) in [5.41, 5.74) is 1.09. The summed E-state index contributed by atoms with van der Waals surface area (Å²) < 4.78 is 25.4. The number of benzene rings is 2. The highest BCUT2D eigenvalue weighted by atomic mass is 32.2. The number of nitrogens with zero attached hydrogens (tertiary/aromatic N) is 3. The molecule has 8 heteroatoms. The van der Waals surface area contributed by atoms with E-state index in [0.29, 0.717) is 49.9 Å². The first kappa shape index (κ1) is 24.4. The van der Waals surface area contributed by atoms with Crippen molar-refractivity contribution in [1.82, 2.24) is 14.7 Å². The van der Waals surface area contributed by atoms with Crippen LogP contribution in [0.1, 0.15) is 42.1 Å². The summed E-state index contributed by atoms with van der Waals surface area (Å²) in [4.78, 5) is 32.0. The van der Waals surface area contributed by atoms with Crippen LogP contribution in [0.2, 0.25) is 0 Å². The summed E-state index contributed by atoms with van der Waals surface area (Å²) in [7, 11) is -3.48. The Kier molecular flexibility index (Phi) is 7.68. The number of hydrogen-bond acceptors (Lipinski definition) is 5. The van der Waals surface area contributed by atoms with Gasteiger partial charge in [0.15, 0.2) is 9.84 Å². The molecule has 0 spiro atoms. The van der Waals surface area contributed by atoms with E-state index in [1.807, 2.05) is 4.90 Å². The van der Waals surface area contributed by atoms with Gasteiger partial charge < -0.3 is 9.80 Å². The van der Waals surface area contributed by atoms with Crippen molar-refractivity contribution in [3.8, 4) is 0 Å². The lowest BCUT2D eigenvalue weighted by Gasteiger charge is -2.38. The summed E-state index contributed by atoms with van der Waals surface area (Å²) in [5.74, 6) is -0.0722. The standard InChI is InChI=1S/C26H33N3O4S/c1-21-8-5-6-13-29(21)25(30)19-27-14-16-28(17-15-27)26(31)23-10-7-9-22(18-23)20-34(32,33)24-11-3-2-4-12-24/h2-4,7,9-12,18,21H,5-6,8,13-17,19-20H2,1H3. The third kappa shape index (κ3) is 5.85. The van der Waals surface area contributed by atoms with Gasteiger partial charge in [-0.2, -0.15) is 0 Å². The second kappa shape index (κ2) is 10.7. The van der Waals surface area contributed by atoms with E-state index >= 15 is 0 Å². The van der Waals surface area contributed by atoms with Crippen molar-refractivity contribution in [2.75, 3.05) is 39.3 Å². The molecule has 0 aliphatic carbocycles. The van der Waals surface area contributed by atoms with Crippen molar-refractivity contribution in [1.29, 1.82) is 0 Å². The van der Waals surface area contributed by atoms with E-state index in [2.05, 4.69) is 11.8 Å². The second-order valence-electron chi connectivity index (χ2n) is 9.27. The number of amides is 2. The van der Waals surface area contributed by atoms with Gasteiger partial charge in [-0.3, -0.25) is 14.5 Å². The highest BCUT2D eigenvalue weighted by Crippen LogP contribution is 2.19. The van der Waals surface area contributed by atoms with Gasteiger partial charge in [-0.15, -0.1) is 0 Å². The fourth-order valence-corrected chi connectivity index (χ4v) is 6.12. The Balaban J connectivity index is 1.33. The van der Waals surface area contributed by atoms with Gasteiger partial charge in [-0.25, -0.2) is 8.42 Å². The van der Waals surface area contributed by atoms with E-state index in [1.54, 1.807) is 59.5 Å². The topological polar surface area (TPSA) is 78.0 Å². The van der Waals surface area contributed by atoms with Crippen molar-refractivity contribution < 1.29 is 18.0 Å². The minimum Gasteiger partial charge on any atom is -0.339 e. The fourth-order valence-electron chi connectivity index (χ4n) is 4.77. The van der Waals surface area contributed by atoms with Crippen LogP contribution in [0.5, 0.6) is 0 Å². The van der Waals surface area contributed by atoms with Gasteiger partial charge in [-0.1, -0.05) is 30.3 Å². The Morgan fingerprint density at radius 3 is 2.35 bits per heavy atom. The third-order valence-electron chi connectivity index (χ3n) is 6.77. The molecule has 0 N–H and O–H groups in total. The van der Waals surface area contributed by atoms with Crippen molar-refractivity contribution in [3.63, 3.8) is 0 Å². The summed E-state index contributed by atoms with van der Waals surface area (Å²) >= 11 is 0. The lowest BCUT2D eigenvalue weighted by Crippen LogP contribution is -2.53. The monoisotopic (exact) mass is 483 g/mol. The maximum absolute atomic E-state index is 13.1. The largest absolute Gasteiger partial charge is 0.339 e. The minimum atomic E-state index is -3.48. The van der Waals surface area contributed by atoms with Crippen LogP contribution in [-0.4, -0.2) is 80.2 Å². The molecule has 2 aromatic rings. The van der Waals surface area contributed by atoms with Crippen LogP contribution in [0.4, 0.5) is 0 Å². The Bertz CT molecular complexity index is 1110. The summed E-state index contributed by atoms with van der Waals surface area (Å²) in [6, 6.07) is 15.5. The van der Waals surface area contributed by atoms with Crippen LogP contribution in [0.3, 0.4) is 0 Å². The Labute approximate surface area is 202 Å². The number of hydrogen-bond donors (Lipinski definition) is 0. The quantitative estimate of drug-likeness (QED) is 0.632. The average molecular weight is 484 g/mol. The molecule has 2 saturated heterocycles. The molecule has 4 rings (SSSR count). The molecule has 2 amide bonds. The van der Waals surface area contributed by atoms with E-state index in [1.165, 1.54) is 6.42 Å². The molecule has 7 nitrogen and oxygen atoms in total. The van der Waals surface area contributed by atoms with Gasteiger partial charge >= 0.3 is 0 Å². The average Bonchev–Trinajstić information content (AvgIpc) is 2.85. The predicted octanol–water partition coefficient (Wildman–Crippen LogP) is 2.82. The van der Waals surface area contributed by atoms with Crippen molar-refractivity contribution in [2.45, 2.75) is 42.9 Å². The molecular formula is C26H33N3O4S. The first-order valence-electron chi connectivity index (χ1n) is 12.0. The molecule has 1 unspecified atom stereocenters. The first-order chi connectivity index (χ1) is 16.3. The predicted molar refractivity (Wildman–Crippen MR) is 131 cm³/mol. The normalized spacial score (nSPS) is 19.7. The molecule has 2 aliphatic heterocycles. The van der Waals surface area contributed by atoms with Crippen LogP contribution in [0.25, 0.3) is 0 Å². The van der Waals surface area contributed by atoms with Gasteiger partial charge in [0.25, 0.3) is 5.91 Å². The maximum Gasteiger partial charge on any atom is 0.253 e. The zero-order valence-corrected chi connectivity index (χ0v) is 20.5. The summed E-state index contributed by atoms with van der Waals surface area (Å²) in [6.07, 6.45) is 3.33. The lowest BCUT2D eigenvalue weighted by atomic mass is 10.0. The van der Waals surface area contributed by atoms with Crippen molar-refractivity contribution in [2.24, 2.45) is 0 Å². The van der Waals surface area contributed by atoms with E-state index in [4.69, 9.17) is 0 Å². The molecular weight excluding hydrogens is 450 g/mol. The highest BCUT2D eigenvalue weighted by Gasteiger charge is 2.28. The first-order valence-corrected chi connectivity index (χ1v) is 13.7. The molecule has 2 heterocycles. The van der Waals surface area contributed by atoms with E-state index in [9.17, 15) is 18.0 Å². The molecule has 1 atom stereocenters.